The number of carbonyl (C=O) groups is 1. The van der Waals surface area contributed by atoms with E-state index in [0.29, 0.717) is 12.1 Å². The van der Waals surface area contributed by atoms with E-state index < -0.39 is 0 Å². The van der Waals surface area contributed by atoms with Gasteiger partial charge in [0, 0.05) is 24.7 Å². The van der Waals surface area contributed by atoms with Gasteiger partial charge in [0.15, 0.2) is 0 Å². The van der Waals surface area contributed by atoms with Crippen LogP contribution in [-0.4, -0.2) is 47.4 Å². The minimum absolute atomic E-state index is 0.0475. The van der Waals surface area contributed by atoms with Crippen LogP contribution in [0.2, 0.25) is 0 Å². The van der Waals surface area contributed by atoms with Crippen LogP contribution in [0, 0.1) is 6.92 Å². The van der Waals surface area contributed by atoms with E-state index in [4.69, 9.17) is 0 Å². The smallest absolute Gasteiger partial charge is 0.253 e. The topological polar surface area (TPSA) is 49.6 Å². The molecule has 0 aliphatic rings. The third-order valence-electron chi connectivity index (χ3n) is 3.65. The summed E-state index contributed by atoms with van der Waals surface area (Å²) in [6.07, 6.45) is 1.97. The van der Waals surface area contributed by atoms with Crippen molar-refractivity contribution < 1.29 is 4.79 Å². The zero-order valence-electron chi connectivity index (χ0n) is 13.5. The van der Waals surface area contributed by atoms with Crippen molar-refractivity contribution in [3.63, 3.8) is 0 Å². The molecule has 1 amide bonds. The van der Waals surface area contributed by atoms with Crippen LogP contribution in [-0.2, 0) is 0 Å². The molecule has 3 heterocycles. The first-order valence-electron chi connectivity index (χ1n) is 7.52. The lowest BCUT2D eigenvalue weighted by molar-refractivity contribution is 0.0953. The first-order valence-corrected chi connectivity index (χ1v) is 8.40. The lowest BCUT2D eigenvalue weighted by atomic mass is 10.2. The Morgan fingerprint density at radius 2 is 2.22 bits per heavy atom. The number of carbonyl (C=O) groups excluding carboxylic acids is 1. The van der Waals surface area contributed by atoms with E-state index in [1.807, 2.05) is 66.2 Å². The van der Waals surface area contributed by atoms with Crippen LogP contribution in [0.4, 0.5) is 0 Å². The average Bonchev–Trinajstić information content (AvgIpc) is 3.10. The summed E-state index contributed by atoms with van der Waals surface area (Å²) in [5.41, 5.74) is 3.43. The summed E-state index contributed by atoms with van der Waals surface area (Å²) in [6, 6.07) is 7.80. The van der Waals surface area contributed by atoms with Gasteiger partial charge < -0.3 is 14.6 Å². The van der Waals surface area contributed by atoms with Gasteiger partial charge >= 0.3 is 0 Å². The molecule has 0 bridgehead atoms. The molecule has 0 radical (unpaired) electrons. The van der Waals surface area contributed by atoms with Gasteiger partial charge in [-0.1, -0.05) is 6.07 Å². The molecular weight excluding hydrogens is 308 g/mol. The fourth-order valence-corrected chi connectivity index (χ4v) is 3.11. The first kappa shape index (κ1) is 15.7. The summed E-state index contributed by atoms with van der Waals surface area (Å²) >= 11 is 1.61. The van der Waals surface area contributed by atoms with E-state index in [1.54, 1.807) is 11.3 Å². The van der Waals surface area contributed by atoms with Crippen LogP contribution in [0.3, 0.4) is 0 Å². The second-order valence-corrected chi connectivity index (χ2v) is 6.77. The Morgan fingerprint density at radius 1 is 1.39 bits per heavy atom. The van der Waals surface area contributed by atoms with E-state index in [-0.39, 0.29) is 5.91 Å². The summed E-state index contributed by atoms with van der Waals surface area (Å²) < 4.78 is 2.02. The fourth-order valence-electron chi connectivity index (χ4n) is 2.50. The van der Waals surface area contributed by atoms with Crippen molar-refractivity contribution in [1.82, 2.24) is 19.6 Å². The summed E-state index contributed by atoms with van der Waals surface area (Å²) in [6.45, 7) is 3.43. The van der Waals surface area contributed by atoms with Crippen LogP contribution in [0.1, 0.15) is 15.4 Å². The van der Waals surface area contributed by atoms with Gasteiger partial charge in [-0.25, -0.2) is 4.98 Å². The Morgan fingerprint density at radius 3 is 2.91 bits per heavy atom. The van der Waals surface area contributed by atoms with Gasteiger partial charge in [-0.15, -0.1) is 11.3 Å². The third-order valence-corrected chi connectivity index (χ3v) is 4.42. The lowest BCUT2D eigenvalue weighted by Crippen LogP contribution is -2.31. The highest BCUT2D eigenvalue weighted by molar-refractivity contribution is 7.09. The molecule has 0 fully saturated rings. The molecule has 0 saturated carbocycles. The van der Waals surface area contributed by atoms with E-state index in [0.717, 1.165) is 28.5 Å². The minimum atomic E-state index is -0.0475. The standard InChI is InChI=1S/C17H20N4OS/c1-12-19-14(11-23-12)16-10-13(15-6-4-5-8-21(15)16)17(22)18-7-9-20(2)3/h4-6,8,10-11H,7,9H2,1-3H3,(H,18,22). The molecule has 120 valence electrons. The molecule has 0 saturated heterocycles. The average molecular weight is 328 g/mol. The predicted molar refractivity (Wildman–Crippen MR) is 94.1 cm³/mol. The van der Waals surface area contributed by atoms with Crippen molar-refractivity contribution >= 4 is 22.8 Å². The number of hydrogen-bond donors (Lipinski definition) is 1. The number of rotatable bonds is 5. The highest BCUT2D eigenvalue weighted by Gasteiger charge is 2.17. The molecule has 5 nitrogen and oxygen atoms in total. The van der Waals surface area contributed by atoms with Gasteiger partial charge in [0.2, 0.25) is 0 Å². The van der Waals surface area contributed by atoms with Crippen LogP contribution in [0.15, 0.2) is 35.8 Å². The summed E-state index contributed by atoms with van der Waals surface area (Å²) in [5, 5.41) is 6.02. The number of amides is 1. The largest absolute Gasteiger partial charge is 0.351 e. The molecule has 3 rings (SSSR count). The highest BCUT2D eigenvalue weighted by atomic mass is 32.1. The summed E-state index contributed by atoms with van der Waals surface area (Å²) in [7, 11) is 3.98. The molecule has 0 atom stereocenters. The maximum atomic E-state index is 12.5. The van der Waals surface area contributed by atoms with E-state index in [9.17, 15) is 4.79 Å². The van der Waals surface area contributed by atoms with Gasteiger partial charge in [-0.05, 0) is 39.2 Å². The fraction of sp³-hybridized carbons (Fsp3) is 0.294. The zero-order valence-corrected chi connectivity index (χ0v) is 14.4. The maximum Gasteiger partial charge on any atom is 0.253 e. The van der Waals surface area contributed by atoms with Gasteiger partial charge in [-0.2, -0.15) is 0 Å². The Kier molecular flexibility index (Phi) is 4.45. The number of aromatic nitrogens is 2. The number of nitrogens with one attached hydrogen (secondary N) is 1. The number of fused-ring (bicyclic) bond motifs is 1. The molecule has 3 aromatic heterocycles. The van der Waals surface area contributed by atoms with Gasteiger partial charge in [-0.3, -0.25) is 4.79 Å². The molecule has 0 aromatic carbocycles. The summed E-state index contributed by atoms with van der Waals surface area (Å²) in [4.78, 5) is 19.1. The van der Waals surface area contributed by atoms with E-state index in [2.05, 4.69) is 10.3 Å². The lowest BCUT2D eigenvalue weighted by Gasteiger charge is -2.10. The summed E-state index contributed by atoms with van der Waals surface area (Å²) in [5.74, 6) is -0.0475. The molecule has 0 aliphatic heterocycles. The van der Waals surface area contributed by atoms with Crippen LogP contribution in [0.5, 0.6) is 0 Å². The molecule has 0 spiro atoms. The van der Waals surface area contributed by atoms with Crippen molar-refractivity contribution in [2.45, 2.75) is 6.92 Å². The van der Waals surface area contributed by atoms with Crippen molar-refractivity contribution in [3.8, 4) is 11.4 Å². The maximum absolute atomic E-state index is 12.5. The molecule has 6 heteroatoms. The Labute approximate surface area is 139 Å². The van der Waals surface area contributed by atoms with E-state index in [1.165, 1.54) is 0 Å². The monoisotopic (exact) mass is 328 g/mol. The zero-order chi connectivity index (χ0) is 16.4. The Bertz CT molecular complexity index is 834. The number of nitrogens with zero attached hydrogens (tertiary/aromatic N) is 3. The van der Waals surface area contributed by atoms with Crippen LogP contribution in [0.25, 0.3) is 16.9 Å². The molecule has 0 unspecified atom stereocenters. The Hall–Kier alpha value is -2.18. The second kappa shape index (κ2) is 6.52. The van der Waals surface area contributed by atoms with Crippen LogP contribution >= 0.6 is 11.3 Å². The van der Waals surface area contributed by atoms with Crippen LogP contribution < -0.4 is 5.32 Å². The van der Waals surface area contributed by atoms with Crippen molar-refractivity contribution in [3.05, 3.63) is 46.4 Å². The number of aryl methyl sites for hydroxylation is 1. The quantitative estimate of drug-likeness (QED) is 0.783. The predicted octanol–water partition coefficient (Wildman–Crippen LogP) is 2.66. The molecule has 0 aliphatic carbocycles. The number of likely N-dealkylation sites (N-methyl/N-ethyl adjacent to an activating group) is 1. The van der Waals surface area contributed by atoms with Crippen molar-refractivity contribution in [2.75, 3.05) is 27.2 Å². The van der Waals surface area contributed by atoms with Gasteiger partial charge in [0.25, 0.3) is 5.91 Å². The SMILES string of the molecule is Cc1nc(-c2cc(C(=O)NCCN(C)C)c3ccccn23)cs1. The molecular formula is C17H20N4OS. The first-order chi connectivity index (χ1) is 11.1. The van der Waals surface area contributed by atoms with Crippen molar-refractivity contribution in [2.24, 2.45) is 0 Å². The number of hydrogen-bond acceptors (Lipinski definition) is 4. The molecule has 3 aromatic rings. The number of thiazole rings is 1. The van der Waals surface area contributed by atoms with Crippen molar-refractivity contribution in [1.29, 1.82) is 0 Å². The molecule has 23 heavy (non-hydrogen) atoms. The highest BCUT2D eigenvalue weighted by Crippen LogP contribution is 2.27. The normalized spacial score (nSPS) is 11.3. The minimum Gasteiger partial charge on any atom is -0.351 e. The number of pyridine rings is 1. The molecule has 1 N–H and O–H groups in total. The third kappa shape index (κ3) is 3.28. The second-order valence-electron chi connectivity index (χ2n) is 5.71. The van der Waals surface area contributed by atoms with Gasteiger partial charge in [0.1, 0.15) is 0 Å². The Balaban J connectivity index is 1.96. The van der Waals surface area contributed by atoms with E-state index >= 15 is 0 Å². The van der Waals surface area contributed by atoms with Gasteiger partial charge in [0.05, 0.1) is 27.5 Å².